The molecule has 0 aliphatic heterocycles. The van der Waals surface area contributed by atoms with E-state index in [2.05, 4.69) is 24.1 Å². The molecule has 0 fully saturated rings. The van der Waals surface area contributed by atoms with Gasteiger partial charge in [-0.1, -0.05) is 6.07 Å². The Morgan fingerprint density at radius 1 is 1.26 bits per heavy atom. The molecular weight excluding hydrogens is 248 g/mol. The number of hydrogen-bond acceptors (Lipinski definition) is 2. The van der Waals surface area contributed by atoms with E-state index in [1.807, 2.05) is 17.7 Å². The molecule has 2 rings (SSSR count). The fourth-order valence-corrected chi connectivity index (χ4v) is 1.87. The maximum atomic E-state index is 13.1. The van der Waals surface area contributed by atoms with Crippen LogP contribution in [0.1, 0.15) is 31.1 Å². The predicted octanol–water partition coefficient (Wildman–Crippen LogP) is 3.66. The van der Waals surface area contributed by atoms with E-state index in [0.717, 1.165) is 17.7 Å². The summed E-state index contributed by atoms with van der Waals surface area (Å²) in [6.07, 6.45) is 1.96. The van der Waals surface area contributed by atoms with Crippen LogP contribution in [0.3, 0.4) is 0 Å². The fraction of sp³-hybridized carbons (Fsp3) is 0.357. The second-order valence-electron chi connectivity index (χ2n) is 4.81. The van der Waals surface area contributed by atoms with Gasteiger partial charge in [-0.15, -0.1) is 0 Å². The first-order valence-electron chi connectivity index (χ1n) is 6.20. The number of hydrogen-bond donors (Lipinski definition) is 1. The van der Waals surface area contributed by atoms with Crippen molar-refractivity contribution < 1.29 is 8.78 Å². The van der Waals surface area contributed by atoms with Gasteiger partial charge >= 0.3 is 0 Å². The molecule has 1 N–H and O–H groups in total. The van der Waals surface area contributed by atoms with E-state index in [1.54, 1.807) is 6.07 Å². The van der Waals surface area contributed by atoms with Gasteiger partial charge in [0.25, 0.3) is 0 Å². The topological polar surface area (TPSA) is 29.9 Å². The third-order valence-corrected chi connectivity index (χ3v) is 2.84. The molecular formula is C14H17F2N3. The Balaban J connectivity index is 2.12. The molecule has 1 aromatic carbocycles. The van der Waals surface area contributed by atoms with Gasteiger partial charge < -0.3 is 9.88 Å². The molecule has 0 saturated carbocycles. The summed E-state index contributed by atoms with van der Waals surface area (Å²) in [6, 6.07) is 4.17. The lowest BCUT2D eigenvalue weighted by molar-refractivity contribution is 0.507. The van der Waals surface area contributed by atoms with E-state index >= 15 is 0 Å². The lowest BCUT2D eigenvalue weighted by atomic mass is 10.2. The van der Waals surface area contributed by atoms with Gasteiger partial charge in [0.2, 0.25) is 5.95 Å². The Hall–Kier alpha value is -1.91. The average molecular weight is 265 g/mol. The Morgan fingerprint density at radius 3 is 2.63 bits per heavy atom. The molecule has 0 unspecified atom stereocenters. The number of rotatable bonds is 4. The monoisotopic (exact) mass is 265 g/mol. The van der Waals surface area contributed by atoms with Gasteiger partial charge in [-0.05, 0) is 38.5 Å². The molecule has 0 spiro atoms. The Labute approximate surface area is 111 Å². The molecule has 0 amide bonds. The van der Waals surface area contributed by atoms with Crippen LogP contribution >= 0.6 is 0 Å². The van der Waals surface area contributed by atoms with Gasteiger partial charge in [0, 0.05) is 18.8 Å². The van der Waals surface area contributed by atoms with E-state index in [4.69, 9.17) is 0 Å². The lowest BCUT2D eigenvalue weighted by Crippen LogP contribution is -2.09. The minimum Gasteiger partial charge on any atom is -0.352 e. The quantitative estimate of drug-likeness (QED) is 0.914. The molecule has 3 nitrogen and oxygen atoms in total. The van der Waals surface area contributed by atoms with Gasteiger partial charge in [-0.2, -0.15) is 0 Å². The van der Waals surface area contributed by atoms with Crippen LogP contribution in [-0.4, -0.2) is 9.55 Å². The summed E-state index contributed by atoms with van der Waals surface area (Å²) in [6.45, 7) is 6.44. The summed E-state index contributed by atoms with van der Waals surface area (Å²) in [4.78, 5) is 4.37. The summed E-state index contributed by atoms with van der Waals surface area (Å²) < 4.78 is 27.9. The highest BCUT2D eigenvalue weighted by molar-refractivity contribution is 5.32. The highest BCUT2D eigenvalue weighted by Gasteiger charge is 2.08. The number of nitrogens with one attached hydrogen (secondary N) is 1. The van der Waals surface area contributed by atoms with E-state index in [0.29, 0.717) is 12.1 Å². The van der Waals surface area contributed by atoms with E-state index in [-0.39, 0.29) is 6.04 Å². The van der Waals surface area contributed by atoms with Crippen LogP contribution in [-0.2, 0) is 6.54 Å². The Kier molecular flexibility index (Phi) is 3.83. The first-order valence-corrected chi connectivity index (χ1v) is 6.20. The van der Waals surface area contributed by atoms with E-state index < -0.39 is 11.6 Å². The van der Waals surface area contributed by atoms with Crippen molar-refractivity contribution in [2.24, 2.45) is 0 Å². The molecule has 102 valence electrons. The van der Waals surface area contributed by atoms with Crippen LogP contribution in [0.25, 0.3) is 0 Å². The van der Waals surface area contributed by atoms with Crippen LogP contribution < -0.4 is 5.32 Å². The number of aryl methyl sites for hydroxylation is 1. The normalized spacial score (nSPS) is 11.1. The highest BCUT2D eigenvalue weighted by Crippen LogP contribution is 2.16. The predicted molar refractivity (Wildman–Crippen MR) is 71.0 cm³/mol. The third-order valence-electron chi connectivity index (χ3n) is 2.84. The zero-order valence-corrected chi connectivity index (χ0v) is 11.2. The van der Waals surface area contributed by atoms with Crippen molar-refractivity contribution in [1.82, 2.24) is 9.55 Å². The molecule has 0 saturated heterocycles. The second-order valence-corrected chi connectivity index (χ2v) is 4.81. The molecule has 2 aromatic rings. The molecule has 5 heteroatoms. The van der Waals surface area contributed by atoms with Crippen molar-refractivity contribution in [3.8, 4) is 0 Å². The number of anilines is 1. The first-order chi connectivity index (χ1) is 8.97. The SMILES string of the molecule is Cc1cn(C(C)C)c(NCc2ccc(F)c(F)c2)n1. The third kappa shape index (κ3) is 3.10. The smallest absolute Gasteiger partial charge is 0.203 e. The van der Waals surface area contributed by atoms with Crippen LogP contribution in [0.15, 0.2) is 24.4 Å². The zero-order valence-electron chi connectivity index (χ0n) is 11.2. The zero-order chi connectivity index (χ0) is 14.0. The van der Waals surface area contributed by atoms with Gasteiger partial charge in [-0.3, -0.25) is 0 Å². The fourth-order valence-electron chi connectivity index (χ4n) is 1.87. The average Bonchev–Trinajstić information content (AvgIpc) is 2.72. The standard InChI is InChI=1S/C14H17F2N3/c1-9(2)19-8-10(3)18-14(19)17-7-11-4-5-12(15)13(16)6-11/h4-6,8-9H,7H2,1-3H3,(H,17,18). The lowest BCUT2D eigenvalue weighted by Gasteiger charge is -2.12. The second kappa shape index (κ2) is 5.38. The number of aromatic nitrogens is 2. The number of nitrogens with zero attached hydrogens (tertiary/aromatic N) is 2. The summed E-state index contributed by atoms with van der Waals surface area (Å²) >= 11 is 0. The minimum atomic E-state index is -0.831. The van der Waals surface area contributed by atoms with Crippen LogP contribution in [0.5, 0.6) is 0 Å². The molecule has 1 heterocycles. The van der Waals surface area contributed by atoms with Crippen LogP contribution in [0, 0.1) is 18.6 Å². The van der Waals surface area contributed by atoms with Crippen molar-refractivity contribution in [2.75, 3.05) is 5.32 Å². The summed E-state index contributed by atoms with van der Waals surface area (Å²) in [5.74, 6) is -0.928. The maximum absolute atomic E-state index is 13.1. The summed E-state index contributed by atoms with van der Waals surface area (Å²) in [7, 11) is 0. The molecule has 0 radical (unpaired) electrons. The highest BCUT2D eigenvalue weighted by atomic mass is 19.2. The van der Waals surface area contributed by atoms with Crippen molar-refractivity contribution in [3.63, 3.8) is 0 Å². The molecule has 0 atom stereocenters. The van der Waals surface area contributed by atoms with Gasteiger partial charge in [0.15, 0.2) is 11.6 Å². The van der Waals surface area contributed by atoms with Crippen LogP contribution in [0.2, 0.25) is 0 Å². The minimum absolute atomic E-state index is 0.286. The van der Waals surface area contributed by atoms with Crippen molar-refractivity contribution in [1.29, 1.82) is 0 Å². The summed E-state index contributed by atoms with van der Waals surface area (Å²) in [5, 5.41) is 3.14. The first kappa shape index (κ1) is 13.5. The van der Waals surface area contributed by atoms with Crippen molar-refractivity contribution >= 4 is 5.95 Å². The maximum Gasteiger partial charge on any atom is 0.203 e. The Morgan fingerprint density at radius 2 is 2.00 bits per heavy atom. The molecule has 0 aliphatic rings. The number of imidazole rings is 1. The summed E-state index contributed by atoms with van der Waals surface area (Å²) in [5.41, 5.74) is 1.59. The van der Waals surface area contributed by atoms with E-state index in [9.17, 15) is 8.78 Å². The molecule has 19 heavy (non-hydrogen) atoms. The molecule has 0 bridgehead atoms. The van der Waals surface area contributed by atoms with Crippen molar-refractivity contribution in [2.45, 2.75) is 33.4 Å². The Bertz CT molecular complexity index is 576. The number of halogens is 2. The van der Waals surface area contributed by atoms with Crippen LogP contribution in [0.4, 0.5) is 14.7 Å². The van der Waals surface area contributed by atoms with Crippen molar-refractivity contribution in [3.05, 3.63) is 47.3 Å². The van der Waals surface area contributed by atoms with Gasteiger partial charge in [0.1, 0.15) is 0 Å². The molecule has 0 aliphatic carbocycles. The van der Waals surface area contributed by atoms with E-state index in [1.165, 1.54) is 6.07 Å². The largest absolute Gasteiger partial charge is 0.352 e. The number of benzene rings is 1. The molecule has 1 aromatic heterocycles. The van der Waals surface area contributed by atoms with Gasteiger partial charge in [0.05, 0.1) is 5.69 Å². The van der Waals surface area contributed by atoms with Gasteiger partial charge in [-0.25, -0.2) is 13.8 Å².